The number of nitrogens with zero attached hydrogens (tertiary/aromatic N) is 2. The van der Waals surface area contributed by atoms with Gasteiger partial charge in [-0.05, 0) is 13.8 Å². The summed E-state index contributed by atoms with van der Waals surface area (Å²) in [5.74, 6) is 1.79. The highest BCUT2D eigenvalue weighted by Gasteiger charge is 2.17. The Morgan fingerprint density at radius 1 is 1.33 bits per heavy atom. The number of hydrogen-bond donors (Lipinski definition) is 1. The van der Waals surface area contributed by atoms with E-state index in [0.717, 1.165) is 55.5 Å². The predicted octanol–water partition coefficient (Wildman–Crippen LogP) is 1.56. The summed E-state index contributed by atoms with van der Waals surface area (Å²) in [6.07, 6.45) is 1.64. The van der Waals surface area contributed by atoms with E-state index in [-0.39, 0.29) is 0 Å². The molecule has 0 fully saturated rings. The van der Waals surface area contributed by atoms with Crippen LogP contribution in [0.1, 0.15) is 30.9 Å². The number of ether oxygens (including phenoxy) is 2. The Balaban J connectivity index is 2.18. The van der Waals surface area contributed by atoms with Gasteiger partial charge in [-0.2, -0.15) is 0 Å². The summed E-state index contributed by atoms with van der Waals surface area (Å²) in [7, 11) is 0. The molecule has 2 heterocycles. The first kappa shape index (κ1) is 13.2. The maximum atomic E-state index is 5.48. The fourth-order valence-electron chi connectivity index (χ4n) is 2.02. The maximum absolute atomic E-state index is 5.48. The summed E-state index contributed by atoms with van der Waals surface area (Å²) in [5.41, 5.74) is 2.24. The number of rotatable bonds is 6. The number of nitrogens with one attached hydrogen (secondary N) is 1. The molecule has 0 amide bonds. The van der Waals surface area contributed by atoms with Gasteiger partial charge in [-0.3, -0.25) is 0 Å². The number of fused-ring (bicyclic) bond motifs is 1. The lowest BCUT2D eigenvalue weighted by atomic mass is 10.1. The van der Waals surface area contributed by atoms with Crippen LogP contribution in [0.4, 0.5) is 5.82 Å². The van der Waals surface area contributed by atoms with Crippen LogP contribution in [0, 0.1) is 0 Å². The maximum Gasteiger partial charge on any atom is 0.135 e. The number of hydrogen-bond acceptors (Lipinski definition) is 5. The first-order valence-corrected chi connectivity index (χ1v) is 6.63. The van der Waals surface area contributed by atoms with Crippen LogP contribution in [-0.4, -0.2) is 36.3 Å². The van der Waals surface area contributed by atoms with Crippen molar-refractivity contribution in [3.63, 3.8) is 0 Å². The summed E-state index contributed by atoms with van der Waals surface area (Å²) in [5, 5.41) is 3.29. The molecule has 0 bridgehead atoms. The molecule has 0 aliphatic carbocycles. The monoisotopic (exact) mass is 251 g/mol. The van der Waals surface area contributed by atoms with E-state index in [1.807, 2.05) is 6.92 Å². The molecule has 0 aromatic carbocycles. The van der Waals surface area contributed by atoms with E-state index in [0.29, 0.717) is 13.2 Å². The molecule has 1 aromatic heterocycles. The molecule has 100 valence electrons. The van der Waals surface area contributed by atoms with Crippen LogP contribution >= 0.6 is 0 Å². The standard InChI is InChI=1S/C13H21N3O2/c1-3-14-13-10-9-18-7-5-11(10)15-12(16-13)6-8-17-4-2/h3-9H2,1-2H3,(H,14,15,16). The third-order valence-corrected chi connectivity index (χ3v) is 2.89. The highest BCUT2D eigenvalue weighted by atomic mass is 16.5. The number of aromatic nitrogens is 2. The number of anilines is 1. The SMILES string of the molecule is CCNc1nc(CCOCC)nc2c1COCC2. The quantitative estimate of drug-likeness (QED) is 0.778. The molecule has 0 saturated carbocycles. The molecule has 5 heteroatoms. The molecule has 1 aliphatic heterocycles. The molecule has 5 nitrogen and oxygen atoms in total. The average molecular weight is 251 g/mol. The summed E-state index contributed by atoms with van der Waals surface area (Å²) in [6, 6.07) is 0. The lowest BCUT2D eigenvalue weighted by Crippen LogP contribution is -2.18. The van der Waals surface area contributed by atoms with Gasteiger partial charge in [0.1, 0.15) is 11.6 Å². The van der Waals surface area contributed by atoms with E-state index in [1.54, 1.807) is 0 Å². The molecule has 0 unspecified atom stereocenters. The third-order valence-electron chi connectivity index (χ3n) is 2.89. The van der Waals surface area contributed by atoms with Crippen molar-refractivity contribution in [2.75, 3.05) is 31.7 Å². The van der Waals surface area contributed by atoms with Crippen molar-refractivity contribution in [1.82, 2.24) is 9.97 Å². The summed E-state index contributed by atoms with van der Waals surface area (Å²) < 4.78 is 10.8. The Hall–Kier alpha value is -1.20. The van der Waals surface area contributed by atoms with E-state index >= 15 is 0 Å². The predicted molar refractivity (Wildman–Crippen MR) is 69.8 cm³/mol. The molecule has 1 aliphatic rings. The zero-order valence-electron chi connectivity index (χ0n) is 11.2. The Kier molecular flexibility index (Phi) is 4.90. The second-order valence-electron chi connectivity index (χ2n) is 4.19. The third kappa shape index (κ3) is 3.17. The van der Waals surface area contributed by atoms with Gasteiger partial charge < -0.3 is 14.8 Å². The summed E-state index contributed by atoms with van der Waals surface area (Å²) >= 11 is 0. The molecular formula is C13H21N3O2. The summed E-state index contributed by atoms with van der Waals surface area (Å²) in [4.78, 5) is 9.18. The lowest BCUT2D eigenvalue weighted by Gasteiger charge is -2.19. The lowest BCUT2D eigenvalue weighted by molar-refractivity contribution is 0.109. The minimum Gasteiger partial charge on any atom is -0.381 e. The van der Waals surface area contributed by atoms with E-state index in [1.165, 1.54) is 0 Å². The Morgan fingerprint density at radius 3 is 3.00 bits per heavy atom. The van der Waals surface area contributed by atoms with Crippen LogP contribution in [0.5, 0.6) is 0 Å². The second-order valence-corrected chi connectivity index (χ2v) is 4.19. The van der Waals surface area contributed by atoms with Gasteiger partial charge in [-0.25, -0.2) is 9.97 Å². The minimum atomic E-state index is 0.614. The van der Waals surface area contributed by atoms with Crippen molar-refractivity contribution in [2.24, 2.45) is 0 Å². The topological polar surface area (TPSA) is 56.3 Å². The van der Waals surface area contributed by atoms with Gasteiger partial charge in [0.25, 0.3) is 0 Å². The Bertz CT molecular complexity index is 396. The highest BCUT2D eigenvalue weighted by molar-refractivity contribution is 5.47. The average Bonchev–Trinajstić information content (AvgIpc) is 2.39. The Labute approximate surface area is 108 Å². The smallest absolute Gasteiger partial charge is 0.135 e. The van der Waals surface area contributed by atoms with E-state index < -0.39 is 0 Å². The largest absolute Gasteiger partial charge is 0.381 e. The van der Waals surface area contributed by atoms with Crippen LogP contribution < -0.4 is 5.32 Å². The van der Waals surface area contributed by atoms with Crippen molar-refractivity contribution < 1.29 is 9.47 Å². The van der Waals surface area contributed by atoms with Gasteiger partial charge in [-0.15, -0.1) is 0 Å². The van der Waals surface area contributed by atoms with Crippen LogP contribution in [0.15, 0.2) is 0 Å². The van der Waals surface area contributed by atoms with Gasteiger partial charge in [-0.1, -0.05) is 0 Å². The van der Waals surface area contributed by atoms with Gasteiger partial charge in [0.05, 0.1) is 25.5 Å². The van der Waals surface area contributed by atoms with Crippen LogP contribution in [0.25, 0.3) is 0 Å². The van der Waals surface area contributed by atoms with Crippen molar-refractivity contribution in [1.29, 1.82) is 0 Å². The molecule has 0 saturated heterocycles. The van der Waals surface area contributed by atoms with Crippen LogP contribution in [0.2, 0.25) is 0 Å². The normalized spacial score (nSPS) is 14.3. The van der Waals surface area contributed by atoms with Crippen LogP contribution in [-0.2, 0) is 28.9 Å². The first-order chi connectivity index (χ1) is 8.85. The fraction of sp³-hybridized carbons (Fsp3) is 0.692. The summed E-state index contributed by atoms with van der Waals surface area (Å²) in [6.45, 7) is 7.70. The van der Waals surface area contributed by atoms with Crippen molar-refractivity contribution in [3.05, 3.63) is 17.1 Å². The van der Waals surface area contributed by atoms with E-state index in [2.05, 4.69) is 22.2 Å². The van der Waals surface area contributed by atoms with Gasteiger partial charge >= 0.3 is 0 Å². The first-order valence-electron chi connectivity index (χ1n) is 6.63. The van der Waals surface area contributed by atoms with Crippen LogP contribution in [0.3, 0.4) is 0 Å². The molecule has 0 atom stereocenters. The molecule has 1 N–H and O–H groups in total. The molecule has 1 aromatic rings. The van der Waals surface area contributed by atoms with E-state index in [4.69, 9.17) is 9.47 Å². The Morgan fingerprint density at radius 2 is 2.22 bits per heavy atom. The van der Waals surface area contributed by atoms with Gasteiger partial charge in [0.15, 0.2) is 0 Å². The molecule has 0 radical (unpaired) electrons. The van der Waals surface area contributed by atoms with Gasteiger partial charge in [0.2, 0.25) is 0 Å². The van der Waals surface area contributed by atoms with Crippen molar-refractivity contribution in [2.45, 2.75) is 33.3 Å². The zero-order valence-corrected chi connectivity index (χ0v) is 11.2. The fourth-order valence-corrected chi connectivity index (χ4v) is 2.02. The molecule has 2 rings (SSSR count). The van der Waals surface area contributed by atoms with Crippen molar-refractivity contribution in [3.8, 4) is 0 Å². The second kappa shape index (κ2) is 6.66. The van der Waals surface area contributed by atoms with E-state index in [9.17, 15) is 0 Å². The molecular weight excluding hydrogens is 230 g/mol. The van der Waals surface area contributed by atoms with Gasteiger partial charge in [0, 0.05) is 31.6 Å². The highest BCUT2D eigenvalue weighted by Crippen LogP contribution is 2.22. The zero-order chi connectivity index (χ0) is 12.8. The molecule has 0 spiro atoms. The van der Waals surface area contributed by atoms with Crippen molar-refractivity contribution >= 4 is 5.82 Å². The minimum absolute atomic E-state index is 0.614. The molecule has 18 heavy (non-hydrogen) atoms.